The highest BCUT2D eigenvalue weighted by molar-refractivity contribution is 5.79. The molecular weight excluding hydrogens is 352 g/mol. The van der Waals surface area contributed by atoms with E-state index in [1.165, 1.54) is 0 Å². The van der Waals surface area contributed by atoms with E-state index in [1.807, 2.05) is 49.6 Å². The summed E-state index contributed by atoms with van der Waals surface area (Å²) in [5, 5.41) is 6.60. The predicted octanol–water partition coefficient (Wildman–Crippen LogP) is 3.45. The largest absolute Gasteiger partial charge is 0.444 e. The number of aromatic nitrogens is 3. The van der Waals surface area contributed by atoms with Crippen LogP contribution in [0.15, 0.2) is 58.4 Å². The molecule has 0 amide bonds. The minimum absolute atomic E-state index is 0.437. The summed E-state index contributed by atoms with van der Waals surface area (Å²) in [6.07, 6.45) is 5.51. The average molecular weight is 380 g/mol. The Morgan fingerprint density at radius 2 is 2.04 bits per heavy atom. The molecule has 148 valence electrons. The van der Waals surface area contributed by atoms with Gasteiger partial charge in [0.05, 0.1) is 13.1 Å². The van der Waals surface area contributed by atoms with E-state index in [2.05, 4.69) is 44.0 Å². The van der Waals surface area contributed by atoms with Crippen molar-refractivity contribution in [1.29, 1.82) is 0 Å². The number of nitrogens with zero attached hydrogens (tertiary/aromatic N) is 4. The van der Waals surface area contributed by atoms with Crippen molar-refractivity contribution in [2.45, 2.75) is 40.4 Å². The number of imidazole rings is 1. The smallest absolute Gasteiger partial charge is 0.226 e. The summed E-state index contributed by atoms with van der Waals surface area (Å²) >= 11 is 0. The molecule has 0 atom stereocenters. The Kier molecular flexibility index (Phi) is 6.84. The van der Waals surface area contributed by atoms with Crippen molar-refractivity contribution in [3.63, 3.8) is 0 Å². The first kappa shape index (κ1) is 19.7. The van der Waals surface area contributed by atoms with E-state index in [4.69, 9.17) is 4.42 Å². The first-order chi connectivity index (χ1) is 13.7. The van der Waals surface area contributed by atoms with Crippen LogP contribution in [0.4, 0.5) is 0 Å². The lowest BCUT2D eigenvalue weighted by molar-refractivity contribution is 0.503. The molecule has 0 aliphatic heterocycles. The van der Waals surface area contributed by atoms with Gasteiger partial charge in [-0.1, -0.05) is 32.0 Å². The van der Waals surface area contributed by atoms with Gasteiger partial charge in [0.25, 0.3) is 0 Å². The second kappa shape index (κ2) is 9.73. The van der Waals surface area contributed by atoms with Crippen LogP contribution in [0, 0.1) is 5.92 Å². The molecular formula is C21H28N6O. The Bertz CT molecular complexity index is 881. The predicted molar refractivity (Wildman–Crippen MR) is 111 cm³/mol. The summed E-state index contributed by atoms with van der Waals surface area (Å²) in [5.74, 6) is 2.90. The fourth-order valence-corrected chi connectivity index (χ4v) is 2.82. The number of rotatable bonds is 8. The number of aliphatic imine (C=N–C) groups is 1. The van der Waals surface area contributed by atoms with E-state index in [1.54, 1.807) is 6.26 Å². The number of guanidine groups is 1. The molecule has 0 unspecified atom stereocenters. The molecule has 7 nitrogen and oxygen atoms in total. The summed E-state index contributed by atoms with van der Waals surface area (Å²) in [4.78, 5) is 13.6. The molecule has 1 aromatic carbocycles. The lowest BCUT2D eigenvalue weighted by Gasteiger charge is -2.13. The summed E-state index contributed by atoms with van der Waals surface area (Å²) < 4.78 is 7.75. The maximum Gasteiger partial charge on any atom is 0.226 e. The second-order valence-corrected chi connectivity index (χ2v) is 6.95. The van der Waals surface area contributed by atoms with Gasteiger partial charge in [0.2, 0.25) is 5.89 Å². The Balaban J connectivity index is 1.62. The first-order valence-corrected chi connectivity index (χ1v) is 9.67. The Hall–Kier alpha value is -3.09. The van der Waals surface area contributed by atoms with Crippen LogP contribution in [0.5, 0.6) is 0 Å². The van der Waals surface area contributed by atoms with Gasteiger partial charge in [0.1, 0.15) is 17.8 Å². The van der Waals surface area contributed by atoms with Crippen LogP contribution >= 0.6 is 0 Å². The molecule has 2 aromatic heterocycles. The maximum atomic E-state index is 5.58. The van der Waals surface area contributed by atoms with Crippen molar-refractivity contribution in [1.82, 2.24) is 25.2 Å². The zero-order valence-electron chi connectivity index (χ0n) is 16.7. The van der Waals surface area contributed by atoms with Crippen molar-refractivity contribution in [2.24, 2.45) is 10.9 Å². The van der Waals surface area contributed by atoms with Crippen LogP contribution < -0.4 is 10.6 Å². The van der Waals surface area contributed by atoms with Gasteiger partial charge in [0.15, 0.2) is 5.96 Å². The summed E-state index contributed by atoms with van der Waals surface area (Å²) in [7, 11) is 0. The lowest BCUT2D eigenvalue weighted by atomic mass is 10.2. The van der Waals surface area contributed by atoms with Crippen LogP contribution in [0.3, 0.4) is 0 Å². The van der Waals surface area contributed by atoms with Crippen LogP contribution in [0.2, 0.25) is 0 Å². The van der Waals surface area contributed by atoms with Gasteiger partial charge in [-0.3, -0.25) is 0 Å². The van der Waals surface area contributed by atoms with Crippen molar-refractivity contribution in [2.75, 3.05) is 6.54 Å². The molecule has 0 saturated heterocycles. The first-order valence-electron chi connectivity index (χ1n) is 9.67. The van der Waals surface area contributed by atoms with Crippen molar-refractivity contribution in [3.05, 3.63) is 60.5 Å². The standard InChI is InChI=1S/C21H28N6O/c1-4-22-21(25-13-19-23-10-11-27(19)14-16(2)3)24-12-18-15-28-20(26-18)17-8-6-5-7-9-17/h5-11,15-16H,4,12-14H2,1-3H3,(H2,22,24,25). The minimum Gasteiger partial charge on any atom is -0.444 e. The molecule has 7 heteroatoms. The van der Waals surface area contributed by atoms with Crippen LogP contribution in [-0.2, 0) is 19.6 Å². The van der Waals surface area contributed by atoms with E-state index < -0.39 is 0 Å². The van der Waals surface area contributed by atoms with E-state index >= 15 is 0 Å². The average Bonchev–Trinajstić information content (AvgIpc) is 3.34. The Labute approximate surface area is 165 Å². The molecule has 28 heavy (non-hydrogen) atoms. The molecule has 0 bridgehead atoms. The number of hydrogen-bond acceptors (Lipinski definition) is 4. The van der Waals surface area contributed by atoms with E-state index in [-0.39, 0.29) is 0 Å². The molecule has 3 rings (SSSR count). The number of benzene rings is 1. The molecule has 0 aliphatic rings. The van der Waals surface area contributed by atoms with Gasteiger partial charge in [-0.25, -0.2) is 15.0 Å². The summed E-state index contributed by atoms with van der Waals surface area (Å²) in [6.45, 7) is 9.22. The van der Waals surface area contributed by atoms with Crippen molar-refractivity contribution >= 4 is 5.96 Å². The number of hydrogen-bond donors (Lipinski definition) is 2. The van der Waals surface area contributed by atoms with Crippen LogP contribution in [-0.4, -0.2) is 27.0 Å². The molecule has 2 heterocycles. The summed E-state index contributed by atoms with van der Waals surface area (Å²) in [6, 6.07) is 9.85. The van der Waals surface area contributed by atoms with Crippen LogP contribution in [0.1, 0.15) is 32.3 Å². The van der Waals surface area contributed by atoms with Gasteiger partial charge in [-0.2, -0.15) is 0 Å². The van der Waals surface area contributed by atoms with E-state index in [0.717, 1.165) is 36.1 Å². The second-order valence-electron chi connectivity index (χ2n) is 6.95. The van der Waals surface area contributed by atoms with Crippen LogP contribution in [0.25, 0.3) is 11.5 Å². The maximum absolute atomic E-state index is 5.58. The third-order valence-corrected chi connectivity index (χ3v) is 4.09. The quantitative estimate of drug-likeness (QED) is 0.462. The fraction of sp³-hybridized carbons (Fsp3) is 0.381. The Morgan fingerprint density at radius 3 is 2.79 bits per heavy atom. The topological polar surface area (TPSA) is 80.3 Å². The highest BCUT2D eigenvalue weighted by atomic mass is 16.3. The number of nitrogens with one attached hydrogen (secondary N) is 2. The van der Waals surface area contributed by atoms with Gasteiger partial charge in [-0.15, -0.1) is 0 Å². The van der Waals surface area contributed by atoms with Gasteiger partial charge < -0.3 is 19.6 Å². The zero-order valence-corrected chi connectivity index (χ0v) is 16.7. The molecule has 0 spiro atoms. The van der Waals surface area contributed by atoms with Crippen molar-refractivity contribution < 1.29 is 4.42 Å². The van der Waals surface area contributed by atoms with Gasteiger partial charge in [0, 0.05) is 31.0 Å². The van der Waals surface area contributed by atoms with Crippen molar-refractivity contribution in [3.8, 4) is 11.5 Å². The third kappa shape index (κ3) is 5.45. The fourth-order valence-electron chi connectivity index (χ4n) is 2.82. The normalized spacial score (nSPS) is 11.8. The molecule has 0 saturated carbocycles. The highest BCUT2D eigenvalue weighted by Crippen LogP contribution is 2.18. The minimum atomic E-state index is 0.437. The van der Waals surface area contributed by atoms with E-state index in [0.29, 0.717) is 24.9 Å². The third-order valence-electron chi connectivity index (χ3n) is 4.09. The molecule has 0 radical (unpaired) electrons. The molecule has 0 aliphatic carbocycles. The number of oxazole rings is 1. The Morgan fingerprint density at radius 1 is 1.21 bits per heavy atom. The molecule has 3 aromatic rings. The van der Waals surface area contributed by atoms with Gasteiger partial charge in [-0.05, 0) is 25.0 Å². The monoisotopic (exact) mass is 380 g/mol. The van der Waals surface area contributed by atoms with E-state index in [9.17, 15) is 0 Å². The summed E-state index contributed by atoms with van der Waals surface area (Å²) in [5.41, 5.74) is 1.75. The lowest BCUT2D eigenvalue weighted by Crippen LogP contribution is -2.37. The SMILES string of the molecule is CCNC(=NCc1coc(-c2ccccc2)n1)NCc1nccn1CC(C)C. The zero-order chi connectivity index (χ0) is 19.8. The van der Waals surface area contributed by atoms with Gasteiger partial charge >= 0.3 is 0 Å². The molecule has 2 N–H and O–H groups in total. The molecule has 0 fully saturated rings. The highest BCUT2D eigenvalue weighted by Gasteiger charge is 2.08.